The highest BCUT2D eigenvalue weighted by atomic mass is 16.7. The third-order valence-corrected chi connectivity index (χ3v) is 6.66. The predicted molar refractivity (Wildman–Crippen MR) is 164 cm³/mol. The SMILES string of the molecule is CC(=O)OC[C@H]1O[C@@H](OCC#CCO[C@@H]2O[C@H](COC(C)=O)[C@@H](OC(C)=O)[C@H](OC(C)=O)[C@H]2OC(C)=O)[C@H](OC(C)=O)[C@@H](OC(C)=O)[C@@H]1OC(C)=O. The molecular weight excluding hydrogens is 704 g/mol. The van der Waals surface area contributed by atoms with Gasteiger partial charge < -0.3 is 56.8 Å². The zero-order valence-corrected chi connectivity index (χ0v) is 29.8. The predicted octanol–water partition coefficient (Wildman–Crippen LogP) is -0.811. The lowest BCUT2D eigenvalue weighted by Gasteiger charge is -2.43. The second kappa shape index (κ2) is 20.9. The molecule has 0 N–H and O–H groups in total. The van der Waals surface area contributed by atoms with Crippen LogP contribution in [0.5, 0.6) is 0 Å². The van der Waals surface area contributed by atoms with E-state index >= 15 is 0 Å². The zero-order chi connectivity index (χ0) is 39.1. The lowest BCUT2D eigenvalue weighted by atomic mass is 9.98. The Morgan fingerprint density at radius 1 is 0.404 bits per heavy atom. The van der Waals surface area contributed by atoms with Crippen LogP contribution in [0.25, 0.3) is 0 Å². The minimum atomic E-state index is -1.49. The van der Waals surface area contributed by atoms with E-state index in [1.807, 2.05) is 0 Å². The van der Waals surface area contributed by atoms with Crippen molar-refractivity contribution in [3.63, 3.8) is 0 Å². The first-order valence-electron chi connectivity index (χ1n) is 15.7. The third-order valence-electron chi connectivity index (χ3n) is 6.66. The maximum Gasteiger partial charge on any atom is 0.303 e. The molecule has 52 heavy (non-hydrogen) atoms. The van der Waals surface area contributed by atoms with Gasteiger partial charge in [0.15, 0.2) is 49.2 Å². The van der Waals surface area contributed by atoms with Crippen LogP contribution >= 0.6 is 0 Å². The fourth-order valence-corrected chi connectivity index (χ4v) is 5.00. The molecule has 0 unspecified atom stereocenters. The van der Waals surface area contributed by atoms with Crippen LogP contribution in [0.1, 0.15) is 55.4 Å². The van der Waals surface area contributed by atoms with Gasteiger partial charge in [0, 0.05) is 55.4 Å². The largest absolute Gasteiger partial charge is 0.463 e. The Labute approximate surface area is 298 Å². The molecular formula is C32H42O20. The van der Waals surface area contributed by atoms with Crippen LogP contribution < -0.4 is 0 Å². The number of carbonyl (C=O) groups is 8. The van der Waals surface area contributed by atoms with Crippen molar-refractivity contribution in [2.45, 2.75) is 117 Å². The van der Waals surface area contributed by atoms with Gasteiger partial charge in [0.25, 0.3) is 0 Å². The number of rotatable bonds is 14. The van der Waals surface area contributed by atoms with Crippen molar-refractivity contribution in [2.24, 2.45) is 0 Å². The molecule has 0 bridgehead atoms. The molecule has 10 atom stereocenters. The molecule has 0 amide bonds. The maximum absolute atomic E-state index is 12.0. The minimum absolute atomic E-state index is 0.435. The molecule has 2 rings (SSSR count). The molecule has 0 aromatic heterocycles. The summed E-state index contributed by atoms with van der Waals surface area (Å²) in [5, 5.41) is 0. The summed E-state index contributed by atoms with van der Waals surface area (Å²) in [4.78, 5) is 94.9. The summed E-state index contributed by atoms with van der Waals surface area (Å²) in [7, 11) is 0. The van der Waals surface area contributed by atoms with Crippen molar-refractivity contribution in [1.29, 1.82) is 0 Å². The van der Waals surface area contributed by atoms with Crippen molar-refractivity contribution >= 4 is 47.8 Å². The Balaban J connectivity index is 2.30. The van der Waals surface area contributed by atoms with Crippen LogP contribution in [0.15, 0.2) is 0 Å². The second-order valence-electron chi connectivity index (χ2n) is 11.1. The zero-order valence-electron chi connectivity index (χ0n) is 29.8. The molecule has 290 valence electrons. The van der Waals surface area contributed by atoms with Crippen LogP contribution in [0.3, 0.4) is 0 Å². The molecule has 0 saturated carbocycles. The molecule has 2 saturated heterocycles. The fraction of sp³-hybridized carbons (Fsp3) is 0.688. The van der Waals surface area contributed by atoms with Gasteiger partial charge in [0.1, 0.15) is 38.6 Å². The summed E-state index contributed by atoms with van der Waals surface area (Å²) in [6.07, 6.45) is -14.1. The third kappa shape index (κ3) is 14.4. The summed E-state index contributed by atoms with van der Waals surface area (Å²) in [6.45, 7) is 6.89. The van der Waals surface area contributed by atoms with Crippen LogP contribution in [0, 0.1) is 11.8 Å². The van der Waals surface area contributed by atoms with Crippen molar-refractivity contribution in [2.75, 3.05) is 26.4 Å². The number of esters is 8. The monoisotopic (exact) mass is 746 g/mol. The van der Waals surface area contributed by atoms with E-state index < -0.39 is 136 Å². The molecule has 0 aromatic rings. The van der Waals surface area contributed by atoms with Crippen LogP contribution in [-0.2, 0) is 95.2 Å². The number of ether oxygens (including phenoxy) is 12. The van der Waals surface area contributed by atoms with Crippen molar-refractivity contribution in [3.8, 4) is 11.8 Å². The van der Waals surface area contributed by atoms with Gasteiger partial charge in [0.05, 0.1) is 0 Å². The van der Waals surface area contributed by atoms with E-state index in [9.17, 15) is 38.4 Å². The molecule has 20 heteroatoms. The first-order valence-corrected chi connectivity index (χ1v) is 15.7. The first kappa shape index (κ1) is 43.3. The summed E-state index contributed by atoms with van der Waals surface area (Å²) >= 11 is 0. The molecule has 0 aliphatic carbocycles. The average molecular weight is 747 g/mol. The van der Waals surface area contributed by atoms with Gasteiger partial charge in [-0.25, -0.2) is 0 Å². The average Bonchev–Trinajstić information content (AvgIpc) is 3.00. The van der Waals surface area contributed by atoms with E-state index in [0.29, 0.717) is 0 Å². The maximum atomic E-state index is 12.0. The fourth-order valence-electron chi connectivity index (χ4n) is 5.00. The topological polar surface area (TPSA) is 247 Å². The van der Waals surface area contributed by atoms with Crippen LogP contribution in [0.4, 0.5) is 0 Å². The second-order valence-corrected chi connectivity index (χ2v) is 11.1. The Morgan fingerprint density at radius 2 is 0.673 bits per heavy atom. The standard InChI is InChI=1S/C32H42O20/c1-15(33)43-13-23-25(45-17(3)35)27(47-19(5)37)29(49-21(7)39)31(51-23)41-11-9-10-12-42-32-30(50-22(8)40)28(48-20(6)38)26(46-18(4)36)24(52-32)14-44-16(2)34/h23-32H,11-14H2,1-8H3/t23-,24-,25-,26-,27+,28+,29-,30-,31-,32-/m1/s1. The normalized spacial score (nSPS) is 28.0. The number of hydrogen-bond acceptors (Lipinski definition) is 20. The Bertz CT molecular complexity index is 1280. The van der Waals surface area contributed by atoms with Crippen molar-refractivity contribution in [1.82, 2.24) is 0 Å². The van der Waals surface area contributed by atoms with Gasteiger partial charge in [-0.15, -0.1) is 0 Å². The smallest absolute Gasteiger partial charge is 0.303 e. The molecule has 2 aliphatic rings. The summed E-state index contributed by atoms with van der Waals surface area (Å²) in [6, 6.07) is 0. The van der Waals surface area contributed by atoms with E-state index in [1.54, 1.807) is 0 Å². The lowest BCUT2D eigenvalue weighted by Crippen LogP contribution is -2.63. The van der Waals surface area contributed by atoms with Gasteiger partial charge in [-0.3, -0.25) is 38.4 Å². The molecule has 2 aliphatic heterocycles. The molecule has 0 radical (unpaired) electrons. The van der Waals surface area contributed by atoms with E-state index in [0.717, 1.165) is 55.4 Å². The first-order chi connectivity index (χ1) is 24.4. The highest BCUT2D eigenvalue weighted by molar-refractivity contribution is 5.70. The molecule has 0 spiro atoms. The van der Waals surface area contributed by atoms with Gasteiger partial charge in [-0.2, -0.15) is 0 Å². The minimum Gasteiger partial charge on any atom is -0.463 e. The molecule has 20 nitrogen and oxygen atoms in total. The molecule has 0 aromatic carbocycles. The van der Waals surface area contributed by atoms with E-state index in [-0.39, 0.29) is 0 Å². The highest BCUT2D eigenvalue weighted by Gasteiger charge is 2.54. The Morgan fingerprint density at radius 3 is 0.942 bits per heavy atom. The molecule has 2 fully saturated rings. The van der Waals surface area contributed by atoms with Crippen LogP contribution in [-0.4, -0.2) is 136 Å². The van der Waals surface area contributed by atoms with Crippen molar-refractivity contribution in [3.05, 3.63) is 0 Å². The molecule has 2 heterocycles. The van der Waals surface area contributed by atoms with Crippen molar-refractivity contribution < 1.29 is 95.2 Å². The van der Waals surface area contributed by atoms with E-state index in [2.05, 4.69) is 11.8 Å². The summed E-state index contributed by atoms with van der Waals surface area (Å²) in [5.74, 6) is -1.10. The van der Waals surface area contributed by atoms with Gasteiger partial charge in [0.2, 0.25) is 0 Å². The van der Waals surface area contributed by atoms with E-state index in [1.165, 1.54) is 0 Å². The van der Waals surface area contributed by atoms with Crippen LogP contribution in [0.2, 0.25) is 0 Å². The van der Waals surface area contributed by atoms with Gasteiger partial charge >= 0.3 is 47.8 Å². The summed E-state index contributed by atoms with van der Waals surface area (Å²) in [5.41, 5.74) is 0. The van der Waals surface area contributed by atoms with Gasteiger partial charge in [-0.1, -0.05) is 11.8 Å². The highest BCUT2D eigenvalue weighted by Crippen LogP contribution is 2.31. The Kier molecular flexibility index (Phi) is 17.4. The van der Waals surface area contributed by atoms with E-state index in [4.69, 9.17) is 56.8 Å². The lowest BCUT2D eigenvalue weighted by molar-refractivity contribution is -0.306. The number of hydrogen-bond donors (Lipinski definition) is 0. The number of carbonyl (C=O) groups excluding carboxylic acids is 8. The summed E-state index contributed by atoms with van der Waals surface area (Å²) < 4.78 is 65.1. The quantitative estimate of drug-likeness (QED) is 0.120. The Hall–Kier alpha value is -4.84. The van der Waals surface area contributed by atoms with Gasteiger partial charge in [-0.05, 0) is 0 Å².